The third kappa shape index (κ3) is 1.77. The van der Waals surface area contributed by atoms with Gasteiger partial charge in [-0.2, -0.15) is 0 Å². The summed E-state index contributed by atoms with van der Waals surface area (Å²) in [7, 11) is 0. The Morgan fingerprint density at radius 3 is 2.78 bits per heavy atom. The molecule has 9 heavy (non-hydrogen) atoms. The van der Waals surface area contributed by atoms with Crippen LogP contribution in [0.5, 0.6) is 0 Å². The van der Waals surface area contributed by atoms with E-state index in [1.807, 2.05) is 0 Å². The Kier molecular flexibility index (Phi) is 2.19. The van der Waals surface area contributed by atoms with Crippen molar-refractivity contribution in [1.82, 2.24) is 4.98 Å². The van der Waals surface area contributed by atoms with Crippen LogP contribution in [-0.4, -0.2) is 10.1 Å². The molecule has 1 heterocycles. The summed E-state index contributed by atoms with van der Waals surface area (Å²) in [4.78, 5) is 3.82. The first-order chi connectivity index (χ1) is 4.30. The van der Waals surface area contributed by atoms with Crippen molar-refractivity contribution >= 4 is 15.9 Å². The molecule has 0 radical (unpaired) electrons. The number of pyridine rings is 1. The highest BCUT2D eigenvalue weighted by atomic mass is 79.9. The molecule has 1 atom stereocenters. The van der Waals surface area contributed by atoms with Gasteiger partial charge in [0.25, 0.3) is 0 Å². The van der Waals surface area contributed by atoms with E-state index in [9.17, 15) is 0 Å². The zero-order valence-corrected chi connectivity index (χ0v) is 6.25. The highest BCUT2D eigenvalue weighted by Gasteiger charge is 1.98. The minimum atomic E-state index is -0.591. The molecule has 0 aliphatic heterocycles. The second kappa shape index (κ2) is 2.94. The normalized spacial score (nSPS) is 13.1. The van der Waals surface area contributed by atoms with Crippen LogP contribution in [0.4, 0.5) is 0 Å². The first kappa shape index (κ1) is 6.71. The number of hydrogen-bond donors (Lipinski definition) is 1. The second-order valence-corrected chi connectivity index (χ2v) is 2.49. The number of halogens is 1. The molecule has 0 spiro atoms. The van der Waals surface area contributed by atoms with Crippen molar-refractivity contribution < 1.29 is 5.11 Å². The Labute approximate surface area is 61.7 Å². The number of nitrogens with zero attached hydrogens (tertiary/aromatic N) is 1. The predicted molar refractivity (Wildman–Crippen MR) is 38.1 cm³/mol. The van der Waals surface area contributed by atoms with Gasteiger partial charge in [0.2, 0.25) is 0 Å². The number of alkyl halides is 1. The molecule has 0 bridgehead atoms. The van der Waals surface area contributed by atoms with Crippen LogP contribution in [0.15, 0.2) is 24.5 Å². The molecule has 0 fully saturated rings. The first-order valence-electron chi connectivity index (χ1n) is 2.53. The lowest BCUT2D eigenvalue weighted by atomic mass is 10.3. The van der Waals surface area contributed by atoms with Crippen molar-refractivity contribution in [2.45, 2.75) is 5.01 Å². The van der Waals surface area contributed by atoms with E-state index >= 15 is 0 Å². The van der Waals surface area contributed by atoms with Gasteiger partial charge in [0, 0.05) is 18.0 Å². The summed E-state index contributed by atoms with van der Waals surface area (Å²) in [5.41, 5.74) is 0.775. The van der Waals surface area contributed by atoms with Gasteiger partial charge in [-0.05, 0) is 6.07 Å². The summed E-state index contributed by atoms with van der Waals surface area (Å²) in [5, 5.41) is 8.31. The molecule has 0 amide bonds. The molecule has 0 aliphatic rings. The van der Waals surface area contributed by atoms with Gasteiger partial charge in [-0.1, -0.05) is 22.0 Å². The molecule has 48 valence electrons. The van der Waals surface area contributed by atoms with Crippen molar-refractivity contribution in [3.05, 3.63) is 30.1 Å². The van der Waals surface area contributed by atoms with Crippen molar-refractivity contribution in [3.63, 3.8) is 0 Å². The third-order valence-corrected chi connectivity index (χ3v) is 1.49. The van der Waals surface area contributed by atoms with Crippen molar-refractivity contribution in [2.75, 3.05) is 0 Å². The molecule has 1 aromatic rings. The minimum absolute atomic E-state index is 0.591. The van der Waals surface area contributed by atoms with Crippen LogP contribution in [0.25, 0.3) is 0 Å². The quantitative estimate of drug-likeness (QED) is 0.677. The van der Waals surface area contributed by atoms with E-state index in [2.05, 4.69) is 20.9 Å². The molecule has 0 aliphatic carbocycles. The fourth-order valence-corrected chi connectivity index (χ4v) is 0.788. The maximum Gasteiger partial charge on any atom is 0.135 e. The van der Waals surface area contributed by atoms with E-state index < -0.39 is 5.01 Å². The molecule has 2 nitrogen and oxygen atoms in total. The Morgan fingerprint density at radius 2 is 2.44 bits per heavy atom. The lowest BCUT2D eigenvalue weighted by Crippen LogP contribution is -1.85. The molecule has 1 unspecified atom stereocenters. The Balaban J connectivity index is 2.85. The van der Waals surface area contributed by atoms with Crippen LogP contribution in [-0.2, 0) is 0 Å². The van der Waals surface area contributed by atoms with E-state index in [0.29, 0.717) is 0 Å². The van der Waals surface area contributed by atoms with E-state index in [1.54, 1.807) is 24.5 Å². The summed E-state index contributed by atoms with van der Waals surface area (Å²) >= 11 is 3.00. The van der Waals surface area contributed by atoms with Crippen molar-refractivity contribution in [1.29, 1.82) is 0 Å². The molecule has 1 aromatic heterocycles. The van der Waals surface area contributed by atoms with Gasteiger partial charge in [0.05, 0.1) is 0 Å². The smallest absolute Gasteiger partial charge is 0.135 e. The summed E-state index contributed by atoms with van der Waals surface area (Å²) in [6.45, 7) is 0. The molecular weight excluding hydrogens is 182 g/mol. The lowest BCUT2D eigenvalue weighted by molar-refractivity contribution is 0.276. The van der Waals surface area contributed by atoms with Gasteiger partial charge in [-0.3, -0.25) is 4.98 Å². The molecule has 0 saturated heterocycles. The Morgan fingerprint density at radius 1 is 1.67 bits per heavy atom. The third-order valence-electron chi connectivity index (χ3n) is 0.959. The SMILES string of the molecule is OC(Br)c1cccnc1. The maximum absolute atomic E-state index is 8.90. The number of aliphatic hydroxyl groups excluding tert-OH is 1. The van der Waals surface area contributed by atoms with Gasteiger partial charge in [-0.15, -0.1) is 0 Å². The van der Waals surface area contributed by atoms with Gasteiger partial charge in [0.1, 0.15) is 5.01 Å². The topological polar surface area (TPSA) is 33.1 Å². The Hall–Kier alpha value is -0.410. The fraction of sp³-hybridized carbons (Fsp3) is 0.167. The predicted octanol–water partition coefficient (Wildman–Crippen LogP) is 1.47. The van der Waals surface area contributed by atoms with Crippen LogP contribution < -0.4 is 0 Å². The molecule has 1 N–H and O–H groups in total. The van der Waals surface area contributed by atoms with Crippen LogP contribution in [0.3, 0.4) is 0 Å². The standard InChI is InChI=1S/C6H6BrNO/c7-6(9)5-2-1-3-8-4-5/h1-4,6,9H. The van der Waals surface area contributed by atoms with E-state index in [4.69, 9.17) is 5.11 Å². The average Bonchev–Trinajstić information content (AvgIpc) is 1.90. The number of hydrogen-bond acceptors (Lipinski definition) is 2. The molecular formula is C6H6BrNO. The van der Waals surface area contributed by atoms with Crippen LogP contribution in [0.2, 0.25) is 0 Å². The monoisotopic (exact) mass is 187 g/mol. The first-order valence-corrected chi connectivity index (χ1v) is 3.44. The maximum atomic E-state index is 8.90. The summed E-state index contributed by atoms with van der Waals surface area (Å²) in [6.07, 6.45) is 3.28. The Bertz CT molecular complexity index is 176. The van der Waals surface area contributed by atoms with Gasteiger partial charge in [0.15, 0.2) is 0 Å². The largest absolute Gasteiger partial charge is 0.377 e. The van der Waals surface area contributed by atoms with E-state index in [0.717, 1.165) is 5.56 Å². The number of aliphatic hydroxyl groups is 1. The average molecular weight is 188 g/mol. The summed E-state index contributed by atoms with van der Waals surface area (Å²) in [6, 6.07) is 3.58. The lowest BCUT2D eigenvalue weighted by Gasteiger charge is -1.98. The zero-order chi connectivity index (χ0) is 6.69. The highest BCUT2D eigenvalue weighted by molar-refractivity contribution is 9.09. The summed E-state index contributed by atoms with van der Waals surface area (Å²) in [5.74, 6) is 0. The molecule has 0 saturated carbocycles. The molecule has 0 aromatic carbocycles. The molecule has 1 rings (SSSR count). The molecule has 3 heteroatoms. The van der Waals surface area contributed by atoms with Crippen LogP contribution >= 0.6 is 15.9 Å². The fourth-order valence-electron chi connectivity index (χ4n) is 0.517. The highest BCUT2D eigenvalue weighted by Crippen LogP contribution is 2.16. The van der Waals surface area contributed by atoms with Gasteiger partial charge in [-0.25, -0.2) is 0 Å². The zero-order valence-electron chi connectivity index (χ0n) is 4.66. The number of aromatic nitrogens is 1. The number of rotatable bonds is 1. The van der Waals surface area contributed by atoms with Crippen LogP contribution in [0, 0.1) is 0 Å². The van der Waals surface area contributed by atoms with Crippen molar-refractivity contribution in [3.8, 4) is 0 Å². The van der Waals surface area contributed by atoms with Crippen molar-refractivity contribution in [2.24, 2.45) is 0 Å². The van der Waals surface area contributed by atoms with E-state index in [-0.39, 0.29) is 0 Å². The van der Waals surface area contributed by atoms with E-state index in [1.165, 1.54) is 0 Å². The second-order valence-electron chi connectivity index (χ2n) is 1.62. The summed E-state index contributed by atoms with van der Waals surface area (Å²) < 4.78 is 0. The van der Waals surface area contributed by atoms with Gasteiger partial charge >= 0.3 is 0 Å². The van der Waals surface area contributed by atoms with Crippen LogP contribution in [0.1, 0.15) is 10.6 Å². The minimum Gasteiger partial charge on any atom is -0.377 e. The van der Waals surface area contributed by atoms with Gasteiger partial charge < -0.3 is 5.11 Å².